The molecule has 1 aromatic heterocycles. The van der Waals surface area contributed by atoms with E-state index >= 15 is 4.39 Å². The molecule has 0 unspecified atom stereocenters. The van der Waals surface area contributed by atoms with Crippen LogP contribution in [0.5, 0.6) is 5.75 Å². The molecule has 2 heterocycles. The molecule has 1 N–H and O–H groups in total. The van der Waals surface area contributed by atoms with Crippen molar-refractivity contribution in [2.45, 2.75) is 43.3 Å². The molecule has 1 saturated heterocycles. The van der Waals surface area contributed by atoms with Crippen molar-refractivity contribution in [2.24, 2.45) is 0 Å². The molecule has 0 spiro atoms. The lowest BCUT2D eigenvalue weighted by Gasteiger charge is -2.35. The summed E-state index contributed by atoms with van der Waals surface area (Å²) >= 11 is 0. The summed E-state index contributed by atoms with van der Waals surface area (Å²) in [4.78, 5) is 16.7. The third-order valence-electron chi connectivity index (χ3n) is 5.90. The van der Waals surface area contributed by atoms with Crippen molar-refractivity contribution in [3.8, 4) is 16.9 Å². The monoisotopic (exact) mass is 539 g/mol. The van der Waals surface area contributed by atoms with Crippen LogP contribution in [0.1, 0.15) is 25.5 Å². The fourth-order valence-corrected chi connectivity index (χ4v) is 5.96. The molecule has 1 amide bonds. The standard InChI is InChI=1S/C24H30FN3O6S2/c1-17(8-13-35(4,30)31)27-23(29)24(25)9-11-28(12-10-24)36(32,33)22-16-26-18(2)14-21(22)19-6-5-7-20(15-19)34-3/h5-8,13-17H,9-12H2,1-4H3,(H,27,29)/b13-8-/t17-/m0/s1. The van der Waals surface area contributed by atoms with Gasteiger partial charge in [0.15, 0.2) is 15.5 Å². The SMILES string of the molecule is COc1cccc(-c2cc(C)ncc2S(=O)(=O)N2CCC(F)(C(=O)N[C@@H](C)/C=C\S(C)(=O)=O)CC2)c1. The number of benzene rings is 1. The van der Waals surface area contributed by atoms with E-state index in [0.717, 1.165) is 16.0 Å². The predicted octanol–water partition coefficient (Wildman–Crippen LogP) is 2.62. The molecular formula is C24H30FN3O6S2. The third-order valence-corrected chi connectivity index (χ3v) is 8.48. The lowest BCUT2D eigenvalue weighted by molar-refractivity contribution is -0.135. The van der Waals surface area contributed by atoms with Gasteiger partial charge in [-0.1, -0.05) is 18.2 Å². The number of sulfone groups is 1. The van der Waals surface area contributed by atoms with Crippen LogP contribution in [-0.4, -0.2) is 70.2 Å². The van der Waals surface area contributed by atoms with Crippen molar-refractivity contribution in [3.05, 3.63) is 53.7 Å². The van der Waals surface area contributed by atoms with Gasteiger partial charge in [0, 0.05) is 61.1 Å². The maximum atomic E-state index is 15.4. The highest BCUT2D eigenvalue weighted by atomic mass is 32.2. The van der Waals surface area contributed by atoms with Gasteiger partial charge in [0.05, 0.1) is 7.11 Å². The Balaban J connectivity index is 1.80. The number of rotatable bonds is 8. The average molecular weight is 540 g/mol. The predicted molar refractivity (Wildman–Crippen MR) is 134 cm³/mol. The van der Waals surface area contributed by atoms with Crippen LogP contribution in [0.4, 0.5) is 4.39 Å². The molecule has 1 aromatic carbocycles. The molecule has 0 bridgehead atoms. The lowest BCUT2D eigenvalue weighted by Crippen LogP contribution is -2.53. The fraction of sp³-hybridized carbons (Fsp3) is 0.417. The van der Waals surface area contributed by atoms with Crippen molar-refractivity contribution in [2.75, 3.05) is 26.5 Å². The largest absolute Gasteiger partial charge is 0.497 e. The number of alkyl halides is 1. The van der Waals surface area contributed by atoms with Gasteiger partial charge in [0.25, 0.3) is 5.91 Å². The minimum atomic E-state index is -4.05. The van der Waals surface area contributed by atoms with Crippen LogP contribution in [0.25, 0.3) is 11.1 Å². The summed E-state index contributed by atoms with van der Waals surface area (Å²) in [7, 11) is -5.92. The number of aryl methyl sites for hydroxylation is 1. The summed E-state index contributed by atoms with van der Waals surface area (Å²) in [6.45, 7) is 2.87. The van der Waals surface area contributed by atoms with Crippen LogP contribution in [0.2, 0.25) is 0 Å². The number of methoxy groups -OCH3 is 1. The van der Waals surface area contributed by atoms with Gasteiger partial charge in [-0.3, -0.25) is 9.78 Å². The number of sulfonamides is 1. The summed E-state index contributed by atoms with van der Waals surface area (Å²) in [5.41, 5.74) is -0.571. The Kier molecular flexibility index (Phi) is 8.21. The van der Waals surface area contributed by atoms with Crippen LogP contribution in [0, 0.1) is 6.92 Å². The summed E-state index contributed by atoms with van der Waals surface area (Å²) < 4.78 is 71.5. The topological polar surface area (TPSA) is 123 Å². The van der Waals surface area contributed by atoms with Crippen molar-refractivity contribution < 1.29 is 30.8 Å². The summed E-state index contributed by atoms with van der Waals surface area (Å²) in [5.74, 6) is -0.337. The number of nitrogens with zero attached hydrogens (tertiary/aromatic N) is 2. The first-order chi connectivity index (χ1) is 16.7. The maximum Gasteiger partial charge on any atom is 0.258 e. The number of aromatic nitrogens is 1. The Bertz CT molecular complexity index is 1370. The molecule has 36 heavy (non-hydrogen) atoms. The zero-order chi connectivity index (χ0) is 26.7. The van der Waals surface area contributed by atoms with Gasteiger partial charge >= 0.3 is 0 Å². The molecule has 12 heteroatoms. The Morgan fingerprint density at radius 1 is 1.22 bits per heavy atom. The fourth-order valence-electron chi connectivity index (χ4n) is 3.86. The maximum absolute atomic E-state index is 15.4. The second-order valence-corrected chi connectivity index (χ2v) is 12.7. The molecule has 1 atom stereocenters. The average Bonchev–Trinajstić information content (AvgIpc) is 2.82. The zero-order valence-corrected chi connectivity index (χ0v) is 22.2. The van der Waals surface area contributed by atoms with Crippen LogP contribution >= 0.6 is 0 Å². The van der Waals surface area contributed by atoms with Gasteiger partial charge < -0.3 is 10.1 Å². The van der Waals surface area contributed by atoms with Crippen LogP contribution in [0.3, 0.4) is 0 Å². The minimum absolute atomic E-state index is 0.0169. The second-order valence-electron chi connectivity index (χ2n) is 8.84. The molecule has 0 saturated carbocycles. The van der Waals surface area contributed by atoms with Gasteiger partial charge in [-0.25, -0.2) is 21.2 Å². The summed E-state index contributed by atoms with van der Waals surface area (Å²) in [6.07, 6.45) is 2.87. The smallest absolute Gasteiger partial charge is 0.258 e. The summed E-state index contributed by atoms with van der Waals surface area (Å²) in [5, 5.41) is 3.38. The van der Waals surface area contributed by atoms with Crippen LogP contribution < -0.4 is 10.1 Å². The highest BCUT2D eigenvalue weighted by Gasteiger charge is 2.45. The Morgan fingerprint density at radius 3 is 2.50 bits per heavy atom. The summed E-state index contributed by atoms with van der Waals surface area (Å²) in [6, 6.07) is 7.95. The van der Waals surface area contributed by atoms with E-state index in [2.05, 4.69) is 10.3 Å². The first-order valence-corrected chi connectivity index (χ1v) is 14.6. The number of hydrogen-bond acceptors (Lipinski definition) is 7. The third kappa shape index (κ3) is 6.48. The van der Waals surface area contributed by atoms with E-state index < -0.39 is 37.5 Å². The van der Waals surface area contributed by atoms with E-state index in [4.69, 9.17) is 4.74 Å². The molecule has 1 fully saturated rings. The van der Waals surface area contributed by atoms with Crippen molar-refractivity contribution in [1.82, 2.24) is 14.6 Å². The number of carbonyl (C=O) groups excluding carboxylic acids is 1. The molecule has 3 rings (SSSR count). The van der Waals surface area contributed by atoms with E-state index in [1.165, 1.54) is 26.3 Å². The normalized spacial score (nSPS) is 17.6. The highest BCUT2D eigenvalue weighted by molar-refractivity contribution is 7.93. The van der Waals surface area contributed by atoms with E-state index in [0.29, 0.717) is 22.6 Å². The minimum Gasteiger partial charge on any atom is -0.497 e. The van der Waals surface area contributed by atoms with Gasteiger partial charge in [-0.2, -0.15) is 4.31 Å². The molecule has 0 radical (unpaired) electrons. The van der Waals surface area contributed by atoms with E-state index in [1.54, 1.807) is 37.3 Å². The molecule has 196 valence electrons. The van der Waals surface area contributed by atoms with Crippen LogP contribution in [-0.2, 0) is 24.7 Å². The lowest BCUT2D eigenvalue weighted by atomic mass is 9.93. The molecule has 9 nitrogen and oxygen atoms in total. The molecule has 1 aliphatic heterocycles. The number of hydrogen-bond donors (Lipinski definition) is 1. The van der Waals surface area contributed by atoms with E-state index in [9.17, 15) is 21.6 Å². The Hall–Kier alpha value is -2.83. The number of halogens is 1. The Labute approximate surface area is 211 Å². The highest BCUT2D eigenvalue weighted by Crippen LogP contribution is 2.35. The molecule has 0 aliphatic carbocycles. The number of pyridine rings is 1. The second kappa shape index (κ2) is 10.7. The van der Waals surface area contributed by atoms with Crippen LogP contribution in [0.15, 0.2) is 52.9 Å². The van der Waals surface area contributed by atoms with Gasteiger partial charge in [0.2, 0.25) is 10.0 Å². The van der Waals surface area contributed by atoms with Crippen molar-refractivity contribution in [3.63, 3.8) is 0 Å². The van der Waals surface area contributed by atoms with Gasteiger partial charge in [-0.15, -0.1) is 0 Å². The van der Waals surface area contributed by atoms with E-state index in [1.807, 2.05) is 0 Å². The van der Waals surface area contributed by atoms with Crippen molar-refractivity contribution >= 4 is 25.8 Å². The number of amides is 1. The van der Waals surface area contributed by atoms with Gasteiger partial charge in [-0.05, 0) is 37.6 Å². The number of piperidine rings is 1. The Morgan fingerprint density at radius 2 is 1.89 bits per heavy atom. The number of ether oxygens (including phenoxy) is 1. The molecular weight excluding hydrogens is 509 g/mol. The molecule has 1 aliphatic rings. The van der Waals surface area contributed by atoms with Crippen molar-refractivity contribution in [1.29, 1.82) is 0 Å². The number of nitrogens with one attached hydrogen (secondary N) is 1. The quantitative estimate of drug-likeness (QED) is 0.547. The van der Waals surface area contributed by atoms with E-state index in [-0.39, 0.29) is 30.8 Å². The first kappa shape index (κ1) is 27.8. The zero-order valence-electron chi connectivity index (χ0n) is 20.6. The first-order valence-electron chi connectivity index (χ1n) is 11.2. The molecule has 2 aromatic rings. The van der Waals surface area contributed by atoms with Gasteiger partial charge in [0.1, 0.15) is 10.6 Å². The number of carbonyl (C=O) groups is 1.